The molecule has 3 N–H and O–H groups in total. The maximum atomic E-state index is 13.7. The average Bonchev–Trinajstić information content (AvgIpc) is 2.70. The monoisotopic (exact) mass is 451 g/mol. The van der Waals surface area contributed by atoms with Crippen molar-refractivity contribution in [3.05, 3.63) is 88.7 Å². The Balaban J connectivity index is 1.65. The van der Waals surface area contributed by atoms with Crippen LogP contribution >= 0.6 is 11.6 Å². The quantitative estimate of drug-likeness (QED) is 0.402. The lowest BCUT2D eigenvalue weighted by Gasteiger charge is -2.15. The second-order valence-electron chi connectivity index (χ2n) is 6.28. The smallest absolute Gasteiger partial charge is 0.322 e. The van der Waals surface area contributed by atoms with Crippen LogP contribution in [-0.2, 0) is 6.18 Å². The molecule has 0 aliphatic heterocycles. The predicted molar refractivity (Wildman–Crippen MR) is 110 cm³/mol. The van der Waals surface area contributed by atoms with Crippen molar-refractivity contribution in [2.75, 3.05) is 16.0 Å². The van der Waals surface area contributed by atoms with Gasteiger partial charge in [0.25, 0.3) is 5.91 Å². The molecule has 0 saturated heterocycles. The minimum absolute atomic E-state index is 0.119. The number of alkyl halides is 3. The summed E-state index contributed by atoms with van der Waals surface area (Å²) >= 11 is 5.61. The van der Waals surface area contributed by atoms with E-state index in [4.69, 9.17) is 11.6 Å². The average molecular weight is 452 g/mol. The fraction of sp³-hybridized carbons (Fsp3) is 0.0476. The van der Waals surface area contributed by atoms with Crippen molar-refractivity contribution < 1.29 is 27.2 Å². The van der Waals surface area contributed by atoms with E-state index in [1.54, 1.807) is 0 Å². The maximum Gasteiger partial charge on any atom is 0.418 e. The molecule has 0 unspecified atom stereocenters. The number of halogens is 5. The Hall–Kier alpha value is -3.59. The van der Waals surface area contributed by atoms with E-state index < -0.39 is 35.2 Å². The molecule has 0 spiro atoms. The molecule has 0 fully saturated rings. The molecule has 160 valence electrons. The van der Waals surface area contributed by atoms with Crippen LogP contribution in [-0.4, -0.2) is 11.9 Å². The molecule has 0 atom stereocenters. The van der Waals surface area contributed by atoms with Crippen LogP contribution in [0.1, 0.15) is 15.9 Å². The molecule has 5 nitrogen and oxygen atoms in total. The number of carbonyl (C=O) groups excluding carboxylic acids is 2. The molecule has 0 saturated carbocycles. The molecule has 0 bridgehead atoms. The predicted octanol–water partition coefficient (Wildman–Crippen LogP) is 6.39. The SMILES string of the molecule is O=C(Nc1ccc(NC(=O)c2ccccc2F)cc1)Nc1ccc(Cl)cc1C(F)(F)F. The summed E-state index contributed by atoms with van der Waals surface area (Å²) in [5.41, 5.74) is -1.09. The highest BCUT2D eigenvalue weighted by atomic mass is 35.5. The van der Waals surface area contributed by atoms with Gasteiger partial charge in [0, 0.05) is 16.4 Å². The van der Waals surface area contributed by atoms with E-state index in [1.807, 2.05) is 0 Å². The van der Waals surface area contributed by atoms with E-state index in [0.29, 0.717) is 11.8 Å². The minimum atomic E-state index is -4.70. The molecule has 3 aromatic rings. The Morgan fingerprint density at radius 3 is 2.03 bits per heavy atom. The van der Waals surface area contributed by atoms with Crippen LogP contribution in [0.3, 0.4) is 0 Å². The third-order valence-electron chi connectivity index (χ3n) is 4.05. The summed E-state index contributed by atoms with van der Waals surface area (Å²) < 4.78 is 53.0. The summed E-state index contributed by atoms with van der Waals surface area (Å²) in [4.78, 5) is 24.2. The van der Waals surface area contributed by atoms with E-state index in [1.165, 1.54) is 48.5 Å². The summed E-state index contributed by atoms with van der Waals surface area (Å²) in [5, 5.41) is 6.89. The zero-order chi connectivity index (χ0) is 22.6. The number of hydrogen-bond acceptors (Lipinski definition) is 2. The number of nitrogens with one attached hydrogen (secondary N) is 3. The van der Waals surface area contributed by atoms with Gasteiger partial charge in [-0.2, -0.15) is 13.2 Å². The van der Waals surface area contributed by atoms with Gasteiger partial charge in [0.2, 0.25) is 0 Å². The van der Waals surface area contributed by atoms with Crippen molar-refractivity contribution in [1.82, 2.24) is 0 Å². The molecular formula is C21H14ClF4N3O2. The molecule has 0 aliphatic carbocycles. The van der Waals surface area contributed by atoms with E-state index in [-0.39, 0.29) is 16.3 Å². The van der Waals surface area contributed by atoms with Gasteiger partial charge in [0.1, 0.15) is 5.82 Å². The van der Waals surface area contributed by atoms with Crippen molar-refractivity contribution in [3.63, 3.8) is 0 Å². The molecule has 10 heteroatoms. The van der Waals surface area contributed by atoms with Gasteiger partial charge >= 0.3 is 12.2 Å². The van der Waals surface area contributed by atoms with Crippen molar-refractivity contribution in [2.45, 2.75) is 6.18 Å². The summed E-state index contributed by atoms with van der Waals surface area (Å²) in [6.45, 7) is 0. The number of rotatable bonds is 4. The van der Waals surface area contributed by atoms with Crippen molar-refractivity contribution in [1.29, 1.82) is 0 Å². The first kappa shape index (κ1) is 22.1. The third kappa shape index (κ3) is 5.73. The standard InChI is InChI=1S/C21H14ClF4N3O2/c22-12-5-10-18(16(11-12)21(24,25)26)29-20(31)28-14-8-6-13(7-9-14)27-19(30)15-3-1-2-4-17(15)23/h1-11H,(H,27,30)(H2,28,29,31). The summed E-state index contributed by atoms with van der Waals surface area (Å²) in [7, 11) is 0. The highest BCUT2D eigenvalue weighted by Crippen LogP contribution is 2.36. The van der Waals surface area contributed by atoms with Gasteiger partial charge in [0.15, 0.2) is 0 Å². The normalized spacial score (nSPS) is 11.0. The first-order chi connectivity index (χ1) is 14.6. The first-order valence-electron chi connectivity index (χ1n) is 8.74. The number of benzene rings is 3. The molecule has 0 aliphatic rings. The Morgan fingerprint density at radius 2 is 1.42 bits per heavy atom. The van der Waals surface area contributed by atoms with Crippen LogP contribution < -0.4 is 16.0 Å². The van der Waals surface area contributed by atoms with E-state index in [9.17, 15) is 27.2 Å². The largest absolute Gasteiger partial charge is 0.418 e. The summed E-state index contributed by atoms with van der Waals surface area (Å²) in [6.07, 6.45) is -4.70. The van der Waals surface area contributed by atoms with Gasteiger partial charge in [-0.1, -0.05) is 23.7 Å². The second kappa shape index (κ2) is 9.05. The van der Waals surface area contributed by atoms with Gasteiger partial charge in [-0.15, -0.1) is 0 Å². The zero-order valence-electron chi connectivity index (χ0n) is 15.6. The molecule has 0 radical (unpaired) electrons. The summed E-state index contributed by atoms with van der Waals surface area (Å²) in [5.74, 6) is -1.32. The van der Waals surface area contributed by atoms with E-state index in [2.05, 4.69) is 16.0 Å². The Bertz CT molecular complexity index is 1120. The topological polar surface area (TPSA) is 70.2 Å². The van der Waals surface area contributed by atoms with Gasteiger partial charge in [0.05, 0.1) is 16.8 Å². The van der Waals surface area contributed by atoms with Crippen molar-refractivity contribution in [3.8, 4) is 0 Å². The first-order valence-corrected chi connectivity index (χ1v) is 9.12. The molecule has 31 heavy (non-hydrogen) atoms. The summed E-state index contributed by atoms with van der Waals surface area (Å²) in [6, 6.07) is 13.3. The lowest BCUT2D eigenvalue weighted by Crippen LogP contribution is -2.22. The third-order valence-corrected chi connectivity index (χ3v) is 4.29. The van der Waals surface area contributed by atoms with Crippen LogP contribution in [0.25, 0.3) is 0 Å². The van der Waals surface area contributed by atoms with Crippen LogP contribution in [0.5, 0.6) is 0 Å². The number of amides is 3. The van der Waals surface area contributed by atoms with E-state index in [0.717, 1.165) is 12.1 Å². The lowest BCUT2D eigenvalue weighted by atomic mass is 10.1. The number of carbonyl (C=O) groups is 2. The minimum Gasteiger partial charge on any atom is -0.322 e. The van der Waals surface area contributed by atoms with Crippen LogP contribution in [0.4, 0.5) is 39.4 Å². The molecule has 3 aromatic carbocycles. The van der Waals surface area contributed by atoms with Gasteiger partial charge in [-0.3, -0.25) is 4.79 Å². The second-order valence-corrected chi connectivity index (χ2v) is 6.71. The Labute approximate surface area is 179 Å². The fourth-order valence-electron chi connectivity index (χ4n) is 2.63. The van der Waals surface area contributed by atoms with Gasteiger partial charge in [-0.25, -0.2) is 9.18 Å². The van der Waals surface area contributed by atoms with E-state index >= 15 is 0 Å². The highest BCUT2D eigenvalue weighted by Gasteiger charge is 2.34. The molecule has 0 heterocycles. The lowest BCUT2D eigenvalue weighted by molar-refractivity contribution is -0.136. The van der Waals surface area contributed by atoms with Gasteiger partial charge in [-0.05, 0) is 54.6 Å². The maximum absolute atomic E-state index is 13.7. The fourth-order valence-corrected chi connectivity index (χ4v) is 2.80. The molecule has 0 aromatic heterocycles. The number of anilines is 3. The van der Waals surface area contributed by atoms with Crippen LogP contribution in [0.15, 0.2) is 66.7 Å². The van der Waals surface area contributed by atoms with Gasteiger partial charge < -0.3 is 16.0 Å². The molecular weight excluding hydrogens is 438 g/mol. The highest BCUT2D eigenvalue weighted by molar-refractivity contribution is 6.30. The van der Waals surface area contributed by atoms with Crippen LogP contribution in [0, 0.1) is 5.82 Å². The molecule has 3 amide bonds. The van der Waals surface area contributed by atoms with Crippen LogP contribution in [0.2, 0.25) is 5.02 Å². The zero-order valence-corrected chi connectivity index (χ0v) is 16.3. The van der Waals surface area contributed by atoms with Crippen molar-refractivity contribution >= 4 is 40.6 Å². The van der Waals surface area contributed by atoms with Crippen molar-refractivity contribution in [2.24, 2.45) is 0 Å². The number of hydrogen-bond donors (Lipinski definition) is 3. The molecule has 3 rings (SSSR count). The number of urea groups is 1. The Kier molecular flexibility index (Phi) is 6.45. The Morgan fingerprint density at radius 1 is 0.806 bits per heavy atom.